The monoisotopic (exact) mass is 552 g/mol. The fraction of sp³-hybridized carbons (Fsp3) is 0.323. The summed E-state index contributed by atoms with van der Waals surface area (Å²) in [6.45, 7) is 5.78. The van der Waals surface area contributed by atoms with E-state index in [9.17, 15) is 27.6 Å². The second kappa shape index (κ2) is 11.9. The van der Waals surface area contributed by atoms with Crippen LogP contribution in [0.3, 0.4) is 0 Å². The van der Waals surface area contributed by atoms with Crippen LogP contribution < -0.4 is 4.90 Å². The number of anilines is 1. The van der Waals surface area contributed by atoms with E-state index in [1.54, 1.807) is 63.2 Å². The van der Waals surface area contributed by atoms with Crippen molar-refractivity contribution in [3.63, 3.8) is 0 Å². The highest BCUT2D eigenvalue weighted by Gasteiger charge is 2.29. The fourth-order valence-electron chi connectivity index (χ4n) is 4.60. The lowest BCUT2D eigenvalue weighted by molar-refractivity contribution is -0.152. The highest BCUT2D eigenvalue weighted by Crippen LogP contribution is 2.28. The number of amides is 2. The third-order valence-electron chi connectivity index (χ3n) is 6.44. The quantitative estimate of drug-likeness (QED) is 0.333. The zero-order chi connectivity index (χ0) is 29.0. The Kier molecular flexibility index (Phi) is 8.61. The molecule has 1 aliphatic heterocycles. The number of likely N-dealkylation sites (tertiary alicyclic amines) is 1. The largest absolute Gasteiger partial charge is 0.459 e. The molecule has 0 aromatic heterocycles. The van der Waals surface area contributed by atoms with Crippen LogP contribution in [-0.2, 0) is 9.53 Å². The Bertz CT molecular complexity index is 1390. The molecule has 1 heterocycles. The number of halogens is 3. The summed E-state index contributed by atoms with van der Waals surface area (Å²) in [6, 6.07) is 14.3. The van der Waals surface area contributed by atoms with E-state index in [4.69, 9.17) is 4.74 Å². The van der Waals surface area contributed by atoms with Crippen molar-refractivity contribution in [2.24, 2.45) is 0 Å². The molecule has 210 valence electrons. The normalized spacial score (nSPS) is 13.6. The van der Waals surface area contributed by atoms with Crippen LogP contribution in [-0.4, -0.2) is 47.9 Å². The van der Waals surface area contributed by atoms with Crippen molar-refractivity contribution in [1.82, 2.24) is 4.90 Å². The SMILES string of the molecule is CC(C)(C)OC(=O)CN(C(=O)c1c(F)cc(F)cc1F)c1cccc(-c2ccc(C(=O)N3CCCCC3)cc2)c1. The molecule has 1 fully saturated rings. The standard InChI is InChI=1S/C31H31F3N2O4/c1-31(2,3)40-27(37)19-36(30(39)28-25(33)17-23(32)18-26(28)34)24-9-7-8-22(16-24)20-10-12-21(13-11-20)29(38)35-14-5-4-6-15-35/h7-13,16-18H,4-6,14-15,19H2,1-3H3. The molecule has 0 radical (unpaired) electrons. The summed E-state index contributed by atoms with van der Waals surface area (Å²) in [5.41, 5.74) is 0.233. The number of ether oxygens (including phenoxy) is 1. The van der Waals surface area contributed by atoms with Crippen molar-refractivity contribution >= 4 is 23.5 Å². The summed E-state index contributed by atoms with van der Waals surface area (Å²) in [4.78, 5) is 41.6. The van der Waals surface area contributed by atoms with Gasteiger partial charge in [-0.05, 0) is 75.4 Å². The Balaban J connectivity index is 1.66. The van der Waals surface area contributed by atoms with Crippen LogP contribution in [0.15, 0.2) is 60.7 Å². The van der Waals surface area contributed by atoms with E-state index in [1.165, 1.54) is 6.07 Å². The molecule has 0 atom stereocenters. The molecule has 0 unspecified atom stereocenters. The molecule has 9 heteroatoms. The van der Waals surface area contributed by atoms with Gasteiger partial charge in [0.2, 0.25) is 0 Å². The summed E-state index contributed by atoms with van der Waals surface area (Å²) in [7, 11) is 0. The highest BCUT2D eigenvalue weighted by atomic mass is 19.1. The zero-order valence-electron chi connectivity index (χ0n) is 22.7. The Morgan fingerprint density at radius 1 is 0.850 bits per heavy atom. The number of esters is 1. The molecule has 6 nitrogen and oxygen atoms in total. The summed E-state index contributed by atoms with van der Waals surface area (Å²) < 4.78 is 48.0. The molecule has 1 aliphatic rings. The maximum absolute atomic E-state index is 14.6. The Hall–Kier alpha value is -4.14. The molecule has 2 amide bonds. The van der Waals surface area contributed by atoms with Gasteiger partial charge in [0, 0.05) is 36.5 Å². The average Bonchev–Trinajstić information content (AvgIpc) is 2.90. The average molecular weight is 553 g/mol. The number of rotatable bonds is 6. The van der Waals surface area contributed by atoms with E-state index in [0.717, 1.165) is 42.8 Å². The molecule has 3 aromatic rings. The first-order chi connectivity index (χ1) is 18.9. The van der Waals surface area contributed by atoms with Crippen LogP contribution in [0.5, 0.6) is 0 Å². The van der Waals surface area contributed by atoms with Crippen molar-refractivity contribution in [3.8, 4) is 11.1 Å². The van der Waals surface area contributed by atoms with Crippen molar-refractivity contribution in [1.29, 1.82) is 0 Å². The van der Waals surface area contributed by atoms with Gasteiger partial charge in [-0.15, -0.1) is 0 Å². The second-order valence-corrected chi connectivity index (χ2v) is 10.7. The van der Waals surface area contributed by atoms with Crippen LogP contribution in [0.4, 0.5) is 18.9 Å². The molecule has 4 rings (SSSR count). The highest BCUT2D eigenvalue weighted by molar-refractivity contribution is 6.09. The lowest BCUT2D eigenvalue weighted by atomic mass is 10.0. The van der Waals surface area contributed by atoms with Crippen molar-refractivity contribution < 1.29 is 32.3 Å². The third-order valence-corrected chi connectivity index (χ3v) is 6.44. The molecule has 0 spiro atoms. The number of nitrogens with zero attached hydrogens (tertiary/aromatic N) is 2. The van der Waals surface area contributed by atoms with Gasteiger partial charge in [-0.25, -0.2) is 13.2 Å². The summed E-state index contributed by atoms with van der Waals surface area (Å²) in [6.07, 6.45) is 3.09. The van der Waals surface area contributed by atoms with Crippen molar-refractivity contribution in [2.45, 2.75) is 45.6 Å². The van der Waals surface area contributed by atoms with E-state index in [-0.39, 0.29) is 11.6 Å². The Labute approximate surface area is 231 Å². The molecule has 0 N–H and O–H groups in total. The van der Waals surface area contributed by atoms with Crippen LogP contribution in [0, 0.1) is 17.5 Å². The zero-order valence-corrected chi connectivity index (χ0v) is 22.7. The van der Waals surface area contributed by atoms with E-state index in [0.29, 0.717) is 23.3 Å². The molecule has 0 bridgehead atoms. The first kappa shape index (κ1) is 28.9. The molecule has 0 saturated carbocycles. The summed E-state index contributed by atoms with van der Waals surface area (Å²) in [5, 5.41) is 0. The maximum atomic E-state index is 14.6. The lowest BCUT2D eigenvalue weighted by Gasteiger charge is -2.27. The van der Waals surface area contributed by atoms with Gasteiger partial charge in [0.1, 0.15) is 35.2 Å². The van der Waals surface area contributed by atoms with Gasteiger partial charge in [0.15, 0.2) is 0 Å². The number of piperidine rings is 1. The smallest absolute Gasteiger partial charge is 0.326 e. The van der Waals surface area contributed by atoms with E-state index in [2.05, 4.69) is 0 Å². The van der Waals surface area contributed by atoms with E-state index in [1.807, 2.05) is 4.90 Å². The Morgan fingerprint density at radius 3 is 2.08 bits per heavy atom. The number of hydrogen-bond acceptors (Lipinski definition) is 4. The second-order valence-electron chi connectivity index (χ2n) is 10.7. The molecule has 0 aliphatic carbocycles. The minimum Gasteiger partial charge on any atom is -0.459 e. The third kappa shape index (κ3) is 6.89. The number of hydrogen-bond donors (Lipinski definition) is 0. The first-order valence-corrected chi connectivity index (χ1v) is 13.1. The topological polar surface area (TPSA) is 66.9 Å². The number of carbonyl (C=O) groups excluding carboxylic acids is 3. The van der Waals surface area contributed by atoms with Crippen molar-refractivity contribution in [3.05, 3.63) is 89.2 Å². The number of benzene rings is 3. The first-order valence-electron chi connectivity index (χ1n) is 13.1. The van der Waals surface area contributed by atoms with Crippen LogP contribution in [0.2, 0.25) is 0 Å². The van der Waals surface area contributed by atoms with Gasteiger partial charge in [-0.1, -0.05) is 24.3 Å². The number of carbonyl (C=O) groups is 3. The molecular weight excluding hydrogens is 521 g/mol. The van der Waals surface area contributed by atoms with Crippen LogP contribution in [0.1, 0.15) is 60.7 Å². The van der Waals surface area contributed by atoms with Gasteiger partial charge in [0.25, 0.3) is 11.8 Å². The molecule has 3 aromatic carbocycles. The van der Waals surface area contributed by atoms with Gasteiger partial charge in [0.05, 0.1) is 0 Å². The fourth-order valence-corrected chi connectivity index (χ4v) is 4.60. The molecule has 1 saturated heterocycles. The van der Waals surface area contributed by atoms with Crippen molar-refractivity contribution in [2.75, 3.05) is 24.5 Å². The Morgan fingerprint density at radius 2 is 1.48 bits per heavy atom. The van der Waals surface area contributed by atoms with Gasteiger partial charge >= 0.3 is 5.97 Å². The van der Waals surface area contributed by atoms with Gasteiger partial charge < -0.3 is 9.64 Å². The minimum absolute atomic E-state index is 0.0301. The molecule has 40 heavy (non-hydrogen) atoms. The maximum Gasteiger partial charge on any atom is 0.326 e. The van der Waals surface area contributed by atoms with Crippen LogP contribution in [0.25, 0.3) is 11.1 Å². The minimum atomic E-state index is -1.39. The summed E-state index contributed by atoms with van der Waals surface area (Å²) >= 11 is 0. The van der Waals surface area contributed by atoms with E-state index >= 15 is 0 Å². The predicted molar refractivity (Wildman–Crippen MR) is 145 cm³/mol. The van der Waals surface area contributed by atoms with Crippen LogP contribution >= 0.6 is 0 Å². The van der Waals surface area contributed by atoms with Gasteiger partial charge in [-0.2, -0.15) is 0 Å². The summed E-state index contributed by atoms with van der Waals surface area (Å²) in [5.74, 6) is -5.94. The predicted octanol–water partition coefficient (Wildman–Crippen LogP) is 6.39. The van der Waals surface area contributed by atoms with Gasteiger partial charge in [-0.3, -0.25) is 19.3 Å². The lowest BCUT2D eigenvalue weighted by Crippen LogP contribution is -2.39. The van der Waals surface area contributed by atoms with E-state index < -0.39 is 47.0 Å². The molecular formula is C31H31F3N2O4.